The van der Waals surface area contributed by atoms with Crippen molar-refractivity contribution in [3.8, 4) is 0 Å². The molecule has 0 aliphatic carbocycles. The molecule has 1 atom stereocenters. The van der Waals surface area contributed by atoms with Gasteiger partial charge in [-0.2, -0.15) is 26.3 Å². The number of halogens is 7. The minimum atomic E-state index is -5.78. The Labute approximate surface area is 276 Å². The first-order chi connectivity index (χ1) is 22.1. The van der Waals surface area contributed by atoms with Gasteiger partial charge in [-0.15, -0.1) is 0 Å². The standard InChI is InChI=1S/C32H43F7N4O4Si/c1-7-24(20-44)40-28(46)41-26-13-10-22(18-25(26)33)27(45)43-16-14-42(15-17-43)19-21-8-11-23(12-9-21)30(31(34,35)36,32(37,38)39)47-48(5,6)29(2,3)4/h8-13,18,24,44H,7,14-17,19-20H2,1-6H3,(H2,40,41,46). The van der Waals surface area contributed by atoms with Gasteiger partial charge in [0.15, 0.2) is 8.32 Å². The molecule has 1 aliphatic rings. The largest absolute Gasteiger partial charge is 0.429 e. The van der Waals surface area contributed by atoms with Crippen LogP contribution in [0.1, 0.15) is 55.6 Å². The van der Waals surface area contributed by atoms with E-state index in [0.29, 0.717) is 25.1 Å². The molecule has 8 nitrogen and oxygen atoms in total. The Morgan fingerprint density at radius 3 is 1.96 bits per heavy atom. The fourth-order valence-corrected chi connectivity index (χ4v) is 6.38. The number of nitrogens with one attached hydrogen (secondary N) is 2. The van der Waals surface area contributed by atoms with E-state index in [1.807, 2.05) is 4.90 Å². The SMILES string of the molecule is CCC(CO)NC(=O)Nc1ccc(C(=O)N2CCN(Cc3ccc(C(O[Si](C)(C)C(C)(C)C)(C(F)(F)F)C(F)(F)F)cc3)CC2)cc1F. The van der Waals surface area contributed by atoms with Gasteiger partial charge in [0.25, 0.3) is 11.5 Å². The van der Waals surface area contributed by atoms with E-state index in [1.54, 1.807) is 27.7 Å². The third-order valence-corrected chi connectivity index (χ3v) is 13.4. The molecule has 0 bridgehead atoms. The molecule has 1 saturated heterocycles. The van der Waals surface area contributed by atoms with Crippen LogP contribution in [0.3, 0.4) is 0 Å². The van der Waals surface area contributed by atoms with Crippen LogP contribution in [0.5, 0.6) is 0 Å². The maximum absolute atomic E-state index is 14.7. The highest BCUT2D eigenvalue weighted by molar-refractivity contribution is 6.74. The number of anilines is 1. The molecule has 3 amide bonds. The van der Waals surface area contributed by atoms with Gasteiger partial charge in [-0.1, -0.05) is 52.0 Å². The normalized spacial score (nSPS) is 16.1. The number of aliphatic hydroxyl groups excluding tert-OH is 1. The van der Waals surface area contributed by atoms with Gasteiger partial charge in [0, 0.05) is 43.9 Å². The number of hydrogen-bond acceptors (Lipinski definition) is 5. The number of nitrogens with zero attached hydrogens (tertiary/aromatic N) is 2. The van der Waals surface area contributed by atoms with Crippen LogP contribution < -0.4 is 10.6 Å². The summed E-state index contributed by atoms with van der Waals surface area (Å²) in [4.78, 5) is 28.5. The zero-order chi connectivity index (χ0) is 36.3. The molecule has 1 unspecified atom stereocenters. The Hall–Kier alpha value is -3.21. The van der Waals surface area contributed by atoms with Gasteiger partial charge in [0.05, 0.1) is 18.3 Å². The second-order valence-corrected chi connectivity index (χ2v) is 18.1. The summed E-state index contributed by atoms with van der Waals surface area (Å²) < 4.78 is 106. The van der Waals surface area contributed by atoms with E-state index in [0.717, 1.165) is 18.2 Å². The number of alkyl halides is 6. The fourth-order valence-electron chi connectivity index (χ4n) is 4.96. The van der Waals surface area contributed by atoms with Crippen LogP contribution in [-0.2, 0) is 16.6 Å². The number of hydrogen-bond donors (Lipinski definition) is 3. The summed E-state index contributed by atoms with van der Waals surface area (Å²) in [6.07, 6.45) is -11.1. The molecule has 16 heteroatoms. The highest BCUT2D eigenvalue weighted by Crippen LogP contribution is 2.56. The Morgan fingerprint density at radius 1 is 0.938 bits per heavy atom. The Morgan fingerprint density at radius 2 is 1.50 bits per heavy atom. The van der Waals surface area contributed by atoms with Crippen molar-refractivity contribution in [2.45, 2.75) is 82.8 Å². The van der Waals surface area contributed by atoms with E-state index >= 15 is 0 Å². The van der Waals surface area contributed by atoms with Crippen LogP contribution >= 0.6 is 0 Å². The van der Waals surface area contributed by atoms with Crippen molar-refractivity contribution < 1.29 is 49.9 Å². The van der Waals surface area contributed by atoms with Crippen molar-refractivity contribution >= 4 is 25.9 Å². The van der Waals surface area contributed by atoms with E-state index in [1.165, 1.54) is 42.3 Å². The quantitative estimate of drug-likeness (QED) is 0.182. The van der Waals surface area contributed by atoms with Crippen LogP contribution in [0.4, 0.5) is 41.2 Å². The minimum Gasteiger partial charge on any atom is -0.394 e. The third kappa shape index (κ3) is 8.68. The van der Waals surface area contributed by atoms with Crippen LogP contribution in [-0.4, -0.2) is 86.3 Å². The molecule has 0 radical (unpaired) electrons. The molecule has 0 saturated carbocycles. The Kier molecular flexibility index (Phi) is 12.0. The maximum Gasteiger partial charge on any atom is 0.429 e. The zero-order valence-corrected chi connectivity index (χ0v) is 28.8. The predicted octanol–water partition coefficient (Wildman–Crippen LogP) is 7.02. The molecule has 1 fully saturated rings. The first-order valence-corrected chi connectivity index (χ1v) is 18.4. The lowest BCUT2D eigenvalue weighted by atomic mass is 9.91. The molecule has 3 rings (SSSR count). The summed E-state index contributed by atoms with van der Waals surface area (Å²) >= 11 is 0. The Bertz CT molecular complexity index is 1400. The van der Waals surface area contributed by atoms with Crippen molar-refractivity contribution in [1.29, 1.82) is 0 Å². The summed E-state index contributed by atoms with van der Waals surface area (Å²) in [5.74, 6) is -1.28. The highest BCUT2D eigenvalue weighted by atomic mass is 28.4. The minimum absolute atomic E-state index is 0.0574. The topological polar surface area (TPSA) is 94.1 Å². The van der Waals surface area contributed by atoms with Crippen molar-refractivity contribution in [2.24, 2.45) is 0 Å². The molecule has 48 heavy (non-hydrogen) atoms. The molecule has 0 aromatic heterocycles. The molecule has 0 spiro atoms. The number of carbonyl (C=O) groups is 2. The monoisotopic (exact) mass is 708 g/mol. The average Bonchev–Trinajstić information content (AvgIpc) is 2.98. The van der Waals surface area contributed by atoms with Gasteiger partial charge in [-0.3, -0.25) is 9.69 Å². The van der Waals surface area contributed by atoms with E-state index in [2.05, 4.69) is 10.6 Å². The van der Waals surface area contributed by atoms with Crippen molar-refractivity contribution in [1.82, 2.24) is 15.1 Å². The first-order valence-electron chi connectivity index (χ1n) is 15.5. The summed E-state index contributed by atoms with van der Waals surface area (Å²) in [6.45, 7) is 10.2. The molecule has 1 aliphatic heterocycles. The molecule has 2 aromatic carbocycles. The second kappa shape index (κ2) is 14.7. The van der Waals surface area contributed by atoms with Crippen molar-refractivity contribution in [2.75, 3.05) is 38.1 Å². The lowest BCUT2D eigenvalue weighted by Crippen LogP contribution is -2.62. The number of aliphatic hydroxyl groups is 1. The van der Waals surface area contributed by atoms with Crippen LogP contribution in [0.2, 0.25) is 18.1 Å². The number of carbonyl (C=O) groups excluding carboxylic acids is 2. The molecular weight excluding hydrogens is 665 g/mol. The van der Waals surface area contributed by atoms with Gasteiger partial charge in [-0.05, 0) is 48.3 Å². The predicted molar refractivity (Wildman–Crippen MR) is 169 cm³/mol. The maximum atomic E-state index is 14.7. The molecule has 268 valence electrons. The average molecular weight is 709 g/mol. The summed E-state index contributed by atoms with van der Waals surface area (Å²) in [6, 6.07) is 6.50. The van der Waals surface area contributed by atoms with Crippen LogP contribution in [0.15, 0.2) is 42.5 Å². The van der Waals surface area contributed by atoms with Gasteiger partial charge < -0.3 is 25.1 Å². The van der Waals surface area contributed by atoms with Crippen molar-refractivity contribution in [3.05, 3.63) is 65.0 Å². The van der Waals surface area contributed by atoms with Crippen molar-refractivity contribution in [3.63, 3.8) is 0 Å². The van der Waals surface area contributed by atoms with Gasteiger partial charge in [0.1, 0.15) is 5.82 Å². The number of amides is 3. The van der Waals surface area contributed by atoms with Crippen LogP contribution in [0, 0.1) is 5.82 Å². The summed E-state index contributed by atoms with van der Waals surface area (Å²) in [7, 11) is -3.58. The third-order valence-electron chi connectivity index (χ3n) is 8.95. The first kappa shape index (κ1) is 39.2. The lowest BCUT2D eigenvalue weighted by molar-refractivity contribution is -0.369. The number of rotatable bonds is 10. The van der Waals surface area contributed by atoms with E-state index in [4.69, 9.17) is 4.43 Å². The number of benzene rings is 2. The summed E-state index contributed by atoms with van der Waals surface area (Å²) in [5.41, 5.74) is -5.16. The van der Waals surface area contributed by atoms with Gasteiger partial charge >= 0.3 is 18.4 Å². The highest BCUT2D eigenvalue weighted by Gasteiger charge is 2.75. The van der Waals surface area contributed by atoms with E-state index < -0.39 is 60.7 Å². The number of piperazine rings is 1. The zero-order valence-electron chi connectivity index (χ0n) is 27.8. The molecule has 1 heterocycles. The number of urea groups is 1. The summed E-state index contributed by atoms with van der Waals surface area (Å²) in [5, 5.41) is 13.1. The molecule has 3 N–H and O–H groups in total. The van der Waals surface area contributed by atoms with Crippen LogP contribution in [0.25, 0.3) is 0 Å². The Balaban J connectivity index is 1.68. The van der Waals surface area contributed by atoms with Gasteiger partial charge in [-0.25, -0.2) is 9.18 Å². The van der Waals surface area contributed by atoms with E-state index in [9.17, 15) is 45.4 Å². The molecule has 2 aromatic rings. The smallest absolute Gasteiger partial charge is 0.394 e. The van der Waals surface area contributed by atoms with Gasteiger partial charge in [0.2, 0.25) is 0 Å². The molecular formula is C32H43F7N4O4Si. The van der Waals surface area contributed by atoms with E-state index in [-0.39, 0.29) is 37.5 Å². The fraction of sp³-hybridized carbons (Fsp3) is 0.562. The second-order valence-electron chi connectivity index (χ2n) is 13.4. The lowest BCUT2D eigenvalue weighted by Gasteiger charge is -2.46.